The molecule has 0 saturated carbocycles. The smallest absolute Gasteiger partial charge is 0.235 e. The standard InChI is InChI=1S/C9H12ClN3O/c1-6-3-8(13-12-7(6)2)5-11-9(14)4-10/h3H,4-5H2,1-2H3,(H,11,14). The Balaban J connectivity index is 2.60. The minimum Gasteiger partial charge on any atom is -0.349 e. The van der Waals surface area contributed by atoms with Crippen molar-refractivity contribution in [3.63, 3.8) is 0 Å². The van der Waals surface area contributed by atoms with E-state index in [1.54, 1.807) is 0 Å². The molecule has 0 aliphatic rings. The molecule has 0 saturated heterocycles. The summed E-state index contributed by atoms with van der Waals surface area (Å²) in [4.78, 5) is 10.8. The number of amides is 1. The zero-order valence-corrected chi connectivity index (χ0v) is 8.93. The number of nitrogens with one attached hydrogen (secondary N) is 1. The van der Waals surface area contributed by atoms with E-state index in [1.165, 1.54) is 0 Å². The van der Waals surface area contributed by atoms with Crippen LogP contribution in [0.1, 0.15) is 17.0 Å². The van der Waals surface area contributed by atoms with Crippen LogP contribution in [0.5, 0.6) is 0 Å². The van der Waals surface area contributed by atoms with Crippen molar-refractivity contribution >= 4 is 17.5 Å². The van der Waals surface area contributed by atoms with E-state index in [-0.39, 0.29) is 11.8 Å². The maximum atomic E-state index is 10.8. The van der Waals surface area contributed by atoms with Gasteiger partial charge in [-0.1, -0.05) is 0 Å². The molecule has 14 heavy (non-hydrogen) atoms. The molecule has 4 nitrogen and oxygen atoms in total. The minimum absolute atomic E-state index is 0.0295. The molecule has 1 heterocycles. The SMILES string of the molecule is Cc1cc(CNC(=O)CCl)nnc1C. The van der Waals surface area contributed by atoms with Crippen molar-refractivity contribution in [2.45, 2.75) is 20.4 Å². The normalized spacial score (nSPS) is 9.93. The number of rotatable bonds is 3. The van der Waals surface area contributed by atoms with E-state index in [1.807, 2.05) is 19.9 Å². The lowest BCUT2D eigenvalue weighted by Gasteiger charge is -2.03. The van der Waals surface area contributed by atoms with Crippen LogP contribution in [0.4, 0.5) is 0 Å². The summed E-state index contributed by atoms with van der Waals surface area (Å²) in [6, 6.07) is 1.90. The highest BCUT2D eigenvalue weighted by atomic mass is 35.5. The fourth-order valence-corrected chi connectivity index (χ4v) is 1.02. The zero-order valence-electron chi connectivity index (χ0n) is 8.17. The summed E-state index contributed by atoms with van der Waals surface area (Å²) in [6.07, 6.45) is 0. The molecule has 0 aliphatic heterocycles. The van der Waals surface area contributed by atoms with Crippen LogP contribution in [-0.4, -0.2) is 22.0 Å². The number of carbonyl (C=O) groups excluding carboxylic acids is 1. The Bertz CT molecular complexity index is 341. The first-order chi connectivity index (χ1) is 6.63. The lowest BCUT2D eigenvalue weighted by Crippen LogP contribution is -2.24. The van der Waals surface area contributed by atoms with E-state index in [0.29, 0.717) is 6.54 Å². The van der Waals surface area contributed by atoms with Gasteiger partial charge in [0, 0.05) is 0 Å². The summed E-state index contributed by atoms with van der Waals surface area (Å²) in [5, 5.41) is 10.5. The van der Waals surface area contributed by atoms with Crippen LogP contribution in [0.15, 0.2) is 6.07 Å². The summed E-state index contributed by atoms with van der Waals surface area (Å²) >= 11 is 5.33. The first-order valence-corrected chi connectivity index (χ1v) is 4.79. The van der Waals surface area contributed by atoms with E-state index in [0.717, 1.165) is 17.0 Å². The predicted octanol–water partition coefficient (Wildman–Crippen LogP) is 0.948. The first kappa shape index (κ1) is 10.9. The summed E-state index contributed by atoms with van der Waals surface area (Å²) < 4.78 is 0. The van der Waals surface area contributed by atoms with E-state index in [4.69, 9.17) is 11.6 Å². The number of alkyl halides is 1. The maximum absolute atomic E-state index is 10.8. The second kappa shape index (κ2) is 4.91. The molecule has 0 radical (unpaired) electrons. The minimum atomic E-state index is -0.202. The molecule has 1 aromatic rings. The fraction of sp³-hybridized carbons (Fsp3) is 0.444. The van der Waals surface area contributed by atoms with Crippen LogP contribution in [0.2, 0.25) is 0 Å². The Hall–Kier alpha value is -1.16. The van der Waals surface area contributed by atoms with Gasteiger partial charge in [-0.2, -0.15) is 10.2 Å². The van der Waals surface area contributed by atoms with E-state index in [9.17, 15) is 4.79 Å². The summed E-state index contributed by atoms with van der Waals surface area (Å²) in [5.74, 6) is -0.232. The van der Waals surface area contributed by atoms with Crippen molar-refractivity contribution in [2.24, 2.45) is 0 Å². The Labute approximate surface area is 87.7 Å². The van der Waals surface area contributed by atoms with Gasteiger partial charge in [-0.3, -0.25) is 4.79 Å². The van der Waals surface area contributed by atoms with Gasteiger partial charge >= 0.3 is 0 Å². The average Bonchev–Trinajstić information content (AvgIpc) is 2.19. The number of hydrogen-bond acceptors (Lipinski definition) is 3. The number of halogens is 1. The Morgan fingerprint density at radius 3 is 2.79 bits per heavy atom. The molecule has 0 aromatic carbocycles. The van der Waals surface area contributed by atoms with E-state index in [2.05, 4.69) is 15.5 Å². The molecule has 0 unspecified atom stereocenters. The number of carbonyl (C=O) groups is 1. The third-order valence-corrected chi connectivity index (χ3v) is 2.11. The van der Waals surface area contributed by atoms with Crippen LogP contribution < -0.4 is 5.32 Å². The molecule has 0 atom stereocenters. The third-order valence-electron chi connectivity index (χ3n) is 1.87. The van der Waals surface area contributed by atoms with Crippen LogP contribution in [0.3, 0.4) is 0 Å². The van der Waals surface area contributed by atoms with Crippen molar-refractivity contribution in [1.29, 1.82) is 0 Å². The topological polar surface area (TPSA) is 54.9 Å². The summed E-state index contributed by atoms with van der Waals surface area (Å²) in [6.45, 7) is 4.22. The second-order valence-corrected chi connectivity index (χ2v) is 3.28. The van der Waals surface area contributed by atoms with Gasteiger partial charge in [0.1, 0.15) is 5.88 Å². The molecule has 1 aromatic heterocycles. The average molecular weight is 214 g/mol. The molecule has 1 N–H and O–H groups in total. The molecule has 0 aliphatic carbocycles. The number of aryl methyl sites for hydroxylation is 2. The van der Waals surface area contributed by atoms with Crippen molar-refractivity contribution in [3.8, 4) is 0 Å². The fourth-order valence-electron chi connectivity index (χ4n) is 0.924. The highest BCUT2D eigenvalue weighted by molar-refractivity contribution is 6.27. The molecule has 0 bridgehead atoms. The molecule has 5 heteroatoms. The van der Waals surface area contributed by atoms with E-state index >= 15 is 0 Å². The van der Waals surface area contributed by atoms with Crippen molar-refractivity contribution in [3.05, 3.63) is 23.0 Å². The first-order valence-electron chi connectivity index (χ1n) is 4.26. The Morgan fingerprint density at radius 1 is 1.50 bits per heavy atom. The second-order valence-electron chi connectivity index (χ2n) is 3.01. The highest BCUT2D eigenvalue weighted by Crippen LogP contribution is 2.02. The zero-order chi connectivity index (χ0) is 10.6. The summed E-state index contributed by atoms with van der Waals surface area (Å²) in [7, 11) is 0. The van der Waals surface area contributed by atoms with Gasteiger partial charge < -0.3 is 5.32 Å². The van der Waals surface area contributed by atoms with Crippen LogP contribution in [0, 0.1) is 13.8 Å². The molecule has 0 spiro atoms. The maximum Gasteiger partial charge on any atom is 0.235 e. The van der Waals surface area contributed by atoms with Crippen molar-refractivity contribution < 1.29 is 4.79 Å². The van der Waals surface area contributed by atoms with Crippen molar-refractivity contribution in [2.75, 3.05) is 5.88 Å². The largest absolute Gasteiger partial charge is 0.349 e. The van der Waals surface area contributed by atoms with Gasteiger partial charge in [0.15, 0.2) is 0 Å². The van der Waals surface area contributed by atoms with Crippen molar-refractivity contribution in [1.82, 2.24) is 15.5 Å². The van der Waals surface area contributed by atoms with Gasteiger partial charge in [0.2, 0.25) is 5.91 Å². The molecule has 0 fully saturated rings. The summed E-state index contributed by atoms with van der Waals surface area (Å²) in [5.41, 5.74) is 2.71. The molecular formula is C9H12ClN3O. The van der Waals surface area contributed by atoms with Crippen LogP contribution >= 0.6 is 11.6 Å². The van der Waals surface area contributed by atoms with E-state index < -0.39 is 0 Å². The Kier molecular flexibility index (Phi) is 3.83. The monoisotopic (exact) mass is 213 g/mol. The van der Waals surface area contributed by atoms with Crippen LogP contribution in [-0.2, 0) is 11.3 Å². The van der Waals surface area contributed by atoms with Gasteiger partial charge in [0.05, 0.1) is 17.9 Å². The molecular weight excluding hydrogens is 202 g/mol. The molecule has 1 amide bonds. The number of aromatic nitrogens is 2. The highest BCUT2D eigenvalue weighted by Gasteiger charge is 2.01. The van der Waals surface area contributed by atoms with Gasteiger partial charge in [-0.05, 0) is 25.5 Å². The lowest BCUT2D eigenvalue weighted by molar-refractivity contribution is -0.118. The Morgan fingerprint density at radius 2 is 2.21 bits per heavy atom. The number of hydrogen-bond donors (Lipinski definition) is 1. The van der Waals surface area contributed by atoms with Crippen LogP contribution in [0.25, 0.3) is 0 Å². The van der Waals surface area contributed by atoms with Gasteiger partial charge in [-0.15, -0.1) is 11.6 Å². The lowest BCUT2D eigenvalue weighted by atomic mass is 10.2. The number of nitrogens with zero attached hydrogens (tertiary/aromatic N) is 2. The molecule has 76 valence electrons. The van der Waals surface area contributed by atoms with Gasteiger partial charge in [-0.25, -0.2) is 0 Å². The van der Waals surface area contributed by atoms with Gasteiger partial charge in [0.25, 0.3) is 0 Å². The molecule has 1 rings (SSSR count). The third kappa shape index (κ3) is 2.96. The quantitative estimate of drug-likeness (QED) is 0.761. The predicted molar refractivity (Wildman–Crippen MR) is 54.1 cm³/mol.